The first-order chi connectivity index (χ1) is 16.5. The first-order valence-electron chi connectivity index (χ1n) is 11.4. The number of nitrogens with zero attached hydrogens (tertiary/aromatic N) is 1. The third-order valence-electron chi connectivity index (χ3n) is 6.50. The Kier molecular flexibility index (Phi) is 5.65. The largest absolute Gasteiger partial charge is 0.497 e. The van der Waals surface area contributed by atoms with Crippen LogP contribution in [0.25, 0.3) is 10.9 Å². The van der Waals surface area contributed by atoms with Gasteiger partial charge in [-0.3, -0.25) is 0 Å². The van der Waals surface area contributed by atoms with Crippen molar-refractivity contribution in [1.29, 1.82) is 0 Å². The quantitative estimate of drug-likeness (QED) is 0.398. The number of H-pyrrole nitrogens is 1. The molecule has 6 nitrogen and oxygen atoms in total. The number of rotatable bonds is 4. The van der Waals surface area contributed by atoms with Crippen molar-refractivity contribution in [3.63, 3.8) is 0 Å². The van der Waals surface area contributed by atoms with Crippen LogP contribution >= 0.6 is 0 Å². The molecule has 3 aromatic carbocycles. The number of urea groups is 1. The van der Waals surface area contributed by atoms with Crippen LogP contribution in [0.1, 0.15) is 34.0 Å². The van der Waals surface area contributed by atoms with E-state index in [-0.39, 0.29) is 12.1 Å². The minimum Gasteiger partial charge on any atom is -0.497 e. The summed E-state index contributed by atoms with van der Waals surface area (Å²) in [6.07, 6.45) is 0.759. The van der Waals surface area contributed by atoms with Crippen LogP contribution in [0.15, 0.2) is 60.7 Å². The topological polar surface area (TPSA) is 66.6 Å². The molecule has 4 aromatic rings. The molecule has 5 rings (SSSR count). The number of carbonyl (C=O) groups is 1. The van der Waals surface area contributed by atoms with Crippen LogP contribution in [-0.2, 0) is 6.42 Å². The van der Waals surface area contributed by atoms with Crippen molar-refractivity contribution >= 4 is 22.6 Å². The molecule has 1 aliphatic rings. The van der Waals surface area contributed by atoms with Gasteiger partial charge in [-0.05, 0) is 85.0 Å². The molecule has 2 heterocycles. The number of hydrogen-bond acceptors (Lipinski definition) is 3. The molecule has 0 radical (unpaired) electrons. The number of nitrogens with one attached hydrogen (secondary N) is 2. The molecule has 2 amide bonds. The molecular weight excluding hydrogens is 426 g/mol. The van der Waals surface area contributed by atoms with Crippen LogP contribution in [0.4, 0.5) is 10.5 Å². The second-order valence-electron chi connectivity index (χ2n) is 8.85. The van der Waals surface area contributed by atoms with E-state index in [0.29, 0.717) is 6.54 Å². The zero-order valence-electron chi connectivity index (χ0n) is 19.9. The van der Waals surface area contributed by atoms with Crippen LogP contribution in [0.2, 0.25) is 0 Å². The van der Waals surface area contributed by atoms with E-state index in [1.165, 1.54) is 5.56 Å². The first-order valence-corrected chi connectivity index (χ1v) is 11.4. The number of ether oxygens (including phenoxy) is 2. The van der Waals surface area contributed by atoms with Gasteiger partial charge in [-0.15, -0.1) is 0 Å². The summed E-state index contributed by atoms with van der Waals surface area (Å²) < 4.78 is 10.8. The Labute approximate surface area is 199 Å². The van der Waals surface area contributed by atoms with Crippen molar-refractivity contribution in [1.82, 2.24) is 9.88 Å². The maximum atomic E-state index is 13.6. The lowest BCUT2D eigenvalue weighted by Gasteiger charge is -2.36. The summed E-state index contributed by atoms with van der Waals surface area (Å²) in [5.41, 5.74) is 7.38. The molecule has 0 fully saturated rings. The lowest BCUT2D eigenvalue weighted by Crippen LogP contribution is -2.43. The number of fused-ring (bicyclic) bond motifs is 3. The first kappa shape index (κ1) is 21.9. The Morgan fingerprint density at radius 2 is 1.62 bits per heavy atom. The number of carbonyl (C=O) groups excluding carboxylic acids is 1. The van der Waals surface area contributed by atoms with Crippen molar-refractivity contribution in [2.45, 2.75) is 26.3 Å². The third-order valence-corrected chi connectivity index (χ3v) is 6.50. The normalized spacial score (nSPS) is 15.2. The molecule has 0 aliphatic carbocycles. The molecule has 2 N–H and O–H groups in total. The Morgan fingerprint density at radius 3 is 2.29 bits per heavy atom. The molecule has 6 heteroatoms. The van der Waals surface area contributed by atoms with Gasteiger partial charge in [-0.1, -0.05) is 18.2 Å². The summed E-state index contributed by atoms with van der Waals surface area (Å²) in [5.74, 6) is 1.61. The standard InChI is InChI=1S/C28H29N3O3/c1-17-13-18(2)15-20(14-17)29-28(32)31-12-11-23-24-16-22(34-4)9-10-25(24)30-26(23)27(31)19-5-7-21(33-3)8-6-19/h5-10,13-16,27,30H,11-12H2,1-4H3,(H,29,32). The minimum absolute atomic E-state index is 0.118. The van der Waals surface area contributed by atoms with Crippen LogP contribution in [-0.4, -0.2) is 36.7 Å². The van der Waals surface area contributed by atoms with E-state index in [0.717, 1.165) is 56.9 Å². The lowest BCUT2D eigenvalue weighted by molar-refractivity contribution is 0.193. The average Bonchev–Trinajstić information content (AvgIpc) is 3.20. The summed E-state index contributed by atoms with van der Waals surface area (Å²) in [7, 11) is 3.34. The van der Waals surface area contributed by atoms with Gasteiger partial charge in [0.15, 0.2) is 0 Å². The van der Waals surface area contributed by atoms with Crippen molar-refractivity contribution in [3.05, 3.63) is 88.6 Å². The number of methoxy groups -OCH3 is 2. The fourth-order valence-electron chi connectivity index (χ4n) is 4.99. The monoisotopic (exact) mass is 455 g/mol. The van der Waals surface area contributed by atoms with Gasteiger partial charge in [-0.25, -0.2) is 4.79 Å². The second-order valence-corrected chi connectivity index (χ2v) is 8.85. The van der Waals surface area contributed by atoms with Crippen LogP contribution in [0.3, 0.4) is 0 Å². The Hall–Kier alpha value is -3.93. The number of hydrogen-bond donors (Lipinski definition) is 2. The fraction of sp³-hybridized carbons (Fsp3) is 0.250. The number of benzene rings is 3. The fourth-order valence-corrected chi connectivity index (χ4v) is 4.99. The predicted molar refractivity (Wildman–Crippen MR) is 135 cm³/mol. The molecule has 1 aromatic heterocycles. The highest BCUT2D eigenvalue weighted by atomic mass is 16.5. The van der Waals surface area contributed by atoms with Crippen molar-refractivity contribution in [2.75, 3.05) is 26.1 Å². The van der Waals surface area contributed by atoms with E-state index in [4.69, 9.17) is 9.47 Å². The summed E-state index contributed by atoms with van der Waals surface area (Å²) in [5, 5.41) is 4.27. The van der Waals surface area contributed by atoms with Gasteiger partial charge in [0.05, 0.1) is 20.3 Å². The van der Waals surface area contributed by atoms with Crippen molar-refractivity contribution in [3.8, 4) is 11.5 Å². The smallest absolute Gasteiger partial charge is 0.322 e. The highest BCUT2D eigenvalue weighted by Crippen LogP contribution is 2.40. The van der Waals surface area contributed by atoms with E-state index in [1.54, 1.807) is 14.2 Å². The molecule has 0 bridgehead atoms. The number of anilines is 1. The Balaban J connectivity index is 1.58. The highest BCUT2D eigenvalue weighted by molar-refractivity contribution is 5.92. The van der Waals surface area contributed by atoms with Gasteiger partial charge in [0.25, 0.3) is 0 Å². The van der Waals surface area contributed by atoms with Crippen LogP contribution < -0.4 is 14.8 Å². The van der Waals surface area contributed by atoms with Crippen molar-refractivity contribution in [2.24, 2.45) is 0 Å². The third kappa shape index (κ3) is 3.96. The van der Waals surface area contributed by atoms with Gasteiger partial charge in [-0.2, -0.15) is 0 Å². The predicted octanol–water partition coefficient (Wildman–Crippen LogP) is 5.98. The van der Waals surface area contributed by atoms with E-state index < -0.39 is 0 Å². The zero-order chi connectivity index (χ0) is 23.8. The minimum atomic E-state index is -0.251. The summed E-state index contributed by atoms with van der Waals surface area (Å²) in [6, 6.07) is 19.7. The molecule has 1 aliphatic heterocycles. The SMILES string of the molecule is COc1ccc(C2c3[nH]c4ccc(OC)cc4c3CCN2C(=O)Nc2cc(C)cc(C)c2)cc1. The molecule has 0 spiro atoms. The molecular formula is C28H29N3O3. The highest BCUT2D eigenvalue weighted by Gasteiger charge is 2.34. The number of aromatic amines is 1. The molecule has 0 saturated carbocycles. The summed E-state index contributed by atoms with van der Waals surface area (Å²) >= 11 is 0. The number of amides is 2. The Morgan fingerprint density at radius 1 is 0.941 bits per heavy atom. The molecule has 34 heavy (non-hydrogen) atoms. The molecule has 1 atom stereocenters. The van der Waals surface area contributed by atoms with Gasteiger partial charge in [0, 0.05) is 28.8 Å². The Bertz CT molecular complexity index is 1340. The zero-order valence-corrected chi connectivity index (χ0v) is 19.9. The van der Waals surface area contributed by atoms with E-state index >= 15 is 0 Å². The molecule has 174 valence electrons. The van der Waals surface area contributed by atoms with E-state index in [1.807, 2.05) is 67.3 Å². The van der Waals surface area contributed by atoms with Crippen molar-refractivity contribution < 1.29 is 14.3 Å². The average molecular weight is 456 g/mol. The van der Waals surface area contributed by atoms with Crippen LogP contribution in [0.5, 0.6) is 11.5 Å². The number of aromatic nitrogens is 1. The van der Waals surface area contributed by atoms with Gasteiger partial charge < -0.3 is 24.7 Å². The van der Waals surface area contributed by atoms with Gasteiger partial charge >= 0.3 is 6.03 Å². The maximum Gasteiger partial charge on any atom is 0.322 e. The van der Waals surface area contributed by atoms with Gasteiger partial charge in [0.1, 0.15) is 11.5 Å². The maximum absolute atomic E-state index is 13.6. The number of aryl methyl sites for hydroxylation is 2. The summed E-state index contributed by atoms with van der Waals surface area (Å²) in [4.78, 5) is 19.1. The molecule has 0 saturated heterocycles. The van der Waals surface area contributed by atoms with Gasteiger partial charge in [0.2, 0.25) is 0 Å². The van der Waals surface area contributed by atoms with E-state index in [9.17, 15) is 4.79 Å². The van der Waals surface area contributed by atoms with E-state index in [2.05, 4.69) is 22.4 Å². The lowest BCUT2D eigenvalue weighted by atomic mass is 9.92. The van der Waals surface area contributed by atoms with Crippen LogP contribution in [0, 0.1) is 13.8 Å². The second kappa shape index (κ2) is 8.78. The summed E-state index contributed by atoms with van der Waals surface area (Å²) in [6.45, 7) is 4.67. The molecule has 1 unspecified atom stereocenters.